The van der Waals surface area contributed by atoms with Crippen molar-refractivity contribution in [1.82, 2.24) is 19.2 Å². The first-order valence-corrected chi connectivity index (χ1v) is 8.27. The first-order chi connectivity index (χ1) is 10.6. The lowest BCUT2D eigenvalue weighted by Crippen LogP contribution is -2.48. The van der Waals surface area contributed by atoms with Gasteiger partial charge in [-0.1, -0.05) is 18.5 Å². The maximum atomic E-state index is 9.74. The first kappa shape index (κ1) is 15.7. The highest BCUT2D eigenvalue weighted by Gasteiger charge is 2.19. The molecule has 1 saturated heterocycles. The highest BCUT2D eigenvalue weighted by Crippen LogP contribution is 2.14. The molecule has 0 bridgehead atoms. The number of halogens is 1. The minimum Gasteiger partial charge on any atom is -0.392 e. The highest BCUT2D eigenvalue weighted by atomic mass is 35.5. The maximum absolute atomic E-state index is 9.74. The van der Waals surface area contributed by atoms with E-state index in [9.17, 15) is 5.11 Å². The van der Waals surface area contributed by atoms with Gasteiger partial charge < -0.3 is 9.51 Å². The number of aliphatic hydroxyl groups excluding tert-OH is 1. The maximum Gasteiger partial charge on any atom is 0.137 e. The van der Waals surface area contributed by atoms with Gasteiger partial charge in [0.15, 0.2) is 0 Å². The van der Waals surface area contributed by atoms with Crippen molar-refractivity contribution < 1.29 is 5.11 Å². The fraction of sp³-hybridized carbons (Fsp3) is 0.562. The first-order valence-electron chi connectivity index (χ1n) is 7.90. The normalized spacial score (nSPS) is 18.9. The van der Waals surface area contributed by atoms with Gasteiger partial charge in [0.05, 0.1) is 16.8 Å². The SMILES string of the molecule is CC[C@@H](O)CN1CCN(Cc2cn3cc(Cl)ccc3n2)CC1. The molecule has 22 heavy (non-hydrogen) atoms. The van der Waals surface area contributed by atoms with Gasteiger partial charge in [-0.3, -0.25) is 9.80 Å². The van der Waals surface area contributed by atoms with Crippen LogP contribution in [-0.4, -0.2) is 63.1 Å². The van der Waals surface area contributed by atoms with E-state index in [0.29, 0.717) is 0 Å². The molecular weight excluding hydrogens is 300 g/mol. The third-order valence-electron chi connectivity index (χ3n) is 4.26. The second-order valence-electron chi connectivity index (χ2n) is 5.98. The largest absolute Gasteiger partial charge is 0.392 e. The molecule has 0 amide bonds. The van der Waals surface area contributed by atoms with Crippen LogP contribution in [0, 0.1) is 0 Å². The van der Waals surface area contributed by atoms with Gasteiger partial charge in [-0.2, -0.15) is 0 Å². The van der Waals surface area contributed by atoms with E-state index in [4.69, 9.17) is 11.6 Å². The van der Waals surface area contributed by atoms with Crippen molar-refractivity contribution in [2.24, 2.45) is 0 Å². The van der Waals surface area contributed by atoms with Crippen molar-refractivity contribution in [3.05, 3.63) is 35.2 Å². The third kappa shape index (κ3) is 3.79. The van der Waals surface area contributed by atoms with Crippen molar-refractivity contribution >= 4 is 17.2 Å². The summed E-state index contributed by atoms with van der Waals surface area (Å²) in [7, 11) is 0. The van der Waals surface area contributed by atoms with Crippen molar-refractivity contribution in [1.29, 1.82) is 0 Å². The van der Waals surface area contributed by atoms with Crippen LogP contribution in [0.2, 0.25) is 5.02 Å². The summed E-state index contributed by atoms with van der Waals surface area (Å²) in [5, 5.41) is 10.5. The molecule has 2 aromatic heterocycles. The topological polar surface area (TPSA) is 44.0 Å². The molecule has 2 aromatic rings. The molecular formula is C16H23ClN4O. The standard InChI is InChI=1S/C16H23ClN4O/c1-2-15(22)12-20-7-5-19(6-8-20)10-14-11-21-9-13(17)3-4-16(21)18-14/h3-4,9,11,15,22H,2,5-8,10,12H2,1H3/t15-/m1/s1. The molecule has 1 atom stereocenters. The number of aromatic nitrogens is 2. The van der Waals surface area contributed by atoms with Gasteiger partial charge >= 0.3 is 0 Å². The predicted octanol–water partition coefficient (Wildman–Crippen LogP) is 1.88. The van der Waals surface area contributed by atoms with Gasteiger partial charge in [0.1, 0.15) is 5.65 Å². The predicted molar refractivity (Wildman–Crippen MR) is 88.2 cm³/mol. The lowest BCUT2D eigenvalue weighted by atomic mass is 10.2. The molecule has 0 aliphatic carbocycles. The van der Waals surface area contributed by atoms with Gasteiger partial charge in [0, 0.05) is 51.7 Å². The Labute approximate surface area is 136 Å². The lowest BCUT2D eigenvalue weighted by Gasteiger charge is -2.35. The van der Waals surface area contributed by atoms with Gasteiger partial charge in [0.25, 0.3) is 0 Å². The third-order valence-corrected chi connectivity index (χ3v) is 4.48. The van der Waals surface area contributed by atoms with Crippen LogP contribution in [-0.2, 0) is 6.54 Å². The summed E-state index contributed by atoms with van der Waals surface area (Å²) in [4.78, 5) is 9.39. The quantitative estimate of drug-likeness (QED) is 0.913. The Bertz CT molecular complexity index is 622. The number of rotatable bonds is 5. The molecule has 0 unspecified atom stereocenters. The Morgan fingerprint density at radius 1 is 1.18 bits per heavy atom. The van der Waals surface area contributed by atoms with E-state index in [-0.39, 0.29) is 6.10 Å². The van der Waals surface area contributed by atoms with Crippen LogP contribution < -0.4 is 0 Å². The lowest BCUT2D eigenvalue weighted by molar-refractivity contribution is 0.0683. The second-order valence-corrected chi connectivity index (χ2v) is 6.42. The summed E-state index contributed by atoms with van der Waals surface area (Å²) < 4.78 is 1.98. The van der Waals surface area contributed by atoms with E-state index < -0.39 is 0 Å². The number of fused-ring (bicyclic) bond motifs is 1. The van der Waals surface area contributed by atoms with E-state index in [2.05, 4.69) is 21.0 Å². The van der Waals surface area contributed by atoms with Crippen molar-refractivity contribution in [2.75, 3.05) is 32.7 Å². The Kier molecular flexibility index (Phi) is 4.98. The molecule has 0 aromatic carbocycles. The summed E-state index contributed by atoms with van der Waals surface area (Å²) in [6.07, 6.45) is 4.56. The molecule has 120 valence electrons. The van der Waals surface area contributed by atoms with Crippen LogP contribution in [0.3, 0.4) is 0 Å². The molecule has 3 heterocycles. The van der Waals surface area contributed by atoms with Crippen LogP contribution in [0.1, 0.15) is 19.0 Å². The number of hydrogen-bond donors (Lipinski definition) is 1. The van der Waals surface area contributed by atoms with E-state index in [1.807, 2.05) is 29.7 Å². The van der Waals surface area contributed by atoms with Crippen molar-refractivity contribution in [3.63, 3.8) is 0 Å². The molecule has 6 heteroatoms. The number of hydrogen-bond acceptors (Lipinski definition) is 4. The molecule has 1 aliphatic rings. The van der Waals surface area contributed by atoms with Crippen LogP contribution in [0.15, 0.2) is 24.5 Å². The average molecular weight is 323 g/mol. The zero-order valence-corrected chi connectivity index (χ0v) is 13.7. The molecule has 0 radical (unpaired) electrons. The molecule has 1 fully saturated rings. The molecule has 1 N–H and O–H groups in total. The number of piperazine rings is 1. The van der Waals surface area contributed by atoms with E-state index in [1.54, 1.807) is 0 Å². The van der Waals surface area contributed by atoms with Crippen LogP contribution in [0.4, 0.5) is 0 Å². The number of pyridine rings is 1. The van der Waals surface area contributed by atoms with Crippen LogP contribution in [0.25, 0.3) is 5.65 Å². The van der Waals surface area contributed by atoms with E-state index >= 15 is 0 Å². The Hall–Kier alpha value is -1.14. The van der Waals surface area contributed by atoms with Crippen LogP contribution >= 0.6 is 11.6 Å². The zero-order valence-electron chi connectivity index (χ0n) is 13.0. The summed E-state index contributed by atoms with van der Waals surface area (Å²) in [6, 6.07) is 3.81. The smallest absolute Gasteiger partial charge is 0.137 e. The monoisotopic (exact) mass is 322 g/mol. The Morgan fingerprint density at radius 3 is 2.64 bits per heavy atom. The minimum absolute atomic E-state index is 0.199. The van der Waals surface area contributed by atoms with Gasteiger partial charge in [-0.15, -0.1) is 0 Å². The number of nitrogens with zero attached hydrogens (tertiary/aromatic N) is 4. The summed E-state index contributed by atoms with van der Waals surface area (Å²) in [6.45, 7) is 7.74. The molecule has 1 aliphatic heterocycles. The molecule has 5 nitrogen and oxygen atoms in total. The summed E-state index contributed by atoms with van der Waals surface area (Å²) in [5.41, 5.74) is 2.01. The fourth-order valence-corrected chi connectivity index (χ4v) is 3.05. The van der Waals surface area contributed by atoms with E-state index in [1.165, 1.54) is 0 Å². The second kappa shape index (κ2) is 6.96. The average Bonchev–Trinajstić information content (AvgIpc) is 2.90. The van der Waals surface area contributed by atoms with Gasteiger partial charge in [0.2, 0.25) is 0 Å². The molecule has 3 rings (SSSR count). The minimum atomic E-state index is -0.199. The number of imidazole rings is 1. The van der Waals surface area contributed by atoms with Crippen molar-refractivity contribution in [2.45, 2.75) is 26.0 Å². The molecule has 0 saturated carbocycles. The zero-order chi connectivity index (χ0) is 15.5. The summed E-state index contributed by atoms with van der Waals surface area (Å²) in [5.74, 6) is 0. The van der Waals surface area contributed by atoms with Gasteiger partial charge in [-0.25, -0.2) is 4.98 Å². The molecule has 0 spiro atoms. The summed E-state index contributed by atoms with van der Waals surface area (Å²) >= 11 is 6.00. The Balaban J connectivity index is 1.55. The van der Waals surface area contributed by atoms with Crippen LogP contribution in [0.5, 0.6) is 0 Å². The van der Waals surface area contributed by atoms with Gasteiger partial charge in [-0.05, 0) is 18.6 Å². The fourth-order valence-electron chi connectivity index (χ4n) is 2.88. The van der Waals surface area contributed by atoms with E-state index in [0.717, 1.165) is 62.1 Å². The van der Waals surface area contributed by atoms with Crippen molar-refractivity contribution in [3.8, 4) is 0 Å². The highest BCUT2D eigenvalue weighted by molar-refractivity contribution is 6.30. The Morgan fingerprint density at radius 2 is 1.91 bits per heavy atom. The number of aliphatic hydroxyl groups is 1. The number of β-amino-alcohol motifs (C(OH)–C–C–N with tert-alkyl or cyclic N) is 1.